The van der Waals surface area contributed by atoms with E-state index in [4.69, 9.17) is 10.3 Å². The molecule has 0 aromatic carbocycles. The van der Waals surface area contributed by atoms with Crippen molar-refractivity contribution >= 4 is 13.7 Å². The van der Waals surface area contributed by atoms with Crippen molar-refractivity contribution < 1.29 is 23.4 Å². The van der Waals surface area contributed by atoms with Gasteiger partial charge in [-0.1, -0.05) is 110 Å². The summed E-state index contributed by atoms with van der Waals surface area (Å²) in [6, 6.07) is 0. The minimum Gasteiger partial charge on any atom is -0.306 e. The van der Waals surface area contributed by atoms with Gasteiger partial charge >= 0.3 is 7.82 Å². The van der Waals surface area contributed by atoms with E-state index < -0.39 is 20.0 Å². The largest absolute Gasteiger partial charge is 0.495 e. The highest BCUT2D eigenvalue weighted by molar-refractivity contribution is 7.47. The van der Waals surface area contributed by atoms with E-state index in [9.17, 15) is 14.3 Å². The summed E-state index contributed by atoms with van der Waals surface area (Å²) >= 11 is 0. The highest BCUT2D eigenvalue weighted by Crippen LogP contribution is 2.43. The fraction of sp³-hybridized carbons (Fsp3) is 0.955. The second-order valence-corrected chi connectivity index (χ2v) is 9.55. The lowest BCUT2D eigenvalue weighted by atomic mass is 10.0. The Labute approximate surface area is 184 Å². The minimum absolute atomic E-state index is 0.263. The Morgan fingerprint density at radius 3 is 1.70 bits per heavy atom. The number of phosphoric ester groups is 1. The number of rotatable bonds is 22. The maximum absolute atomic E-state index is 11.7. The Bertz CT molecular complexity index is 451. The van der Waals surface area contributed by atoms with E-state index in [1.165, 1.54) is 77.0 Å². The summed E-state index contributed by atoms with van der Waals surface area (Å²) in [5.41, 5.74) is 7.52. The van der Waals surface area contributed by atoms with Gasteiger partial charge in [0, 0.05) is 6.42 Å². The van der Waals surface area contributed by atoms with Crippen molar-refractivity contribution in [2.24, 2.45) is 5.73 Å². The smallest absolute Gasteiger partial charge is 0.306 e. The Morgan fingerprint density at radius 2 is 1.27 bits per heavy atom. The molecule has 1 amide bonds. The minimum atomic E-state index is -4.36. The SMILES string of the molecule is CCCCCCCCCCCCCCCCCC(=O)NOP(=O)(O)OC(N)CCC. The molecule has 0 heterocycles. The van der Waals surface area contributed by atoms with Crippen LogP contribution >= 0.6 is 7.82 Å². The molecule has 2 atom stereocenters. The number of unbranched alkanes of at least 4 members (excludes halogenated alkanes) is 14. The van der Waals surface area contributed by atoms with Crippen molar-refractivity contribution in [3.05, 3.63) is 0 Å². The first-order valence-electron chi connectivity index (χ1n) is 12.2. The Morgan fingerprint density at radius 1 is 0.833 bits per heavy atom. The van der Waals surface area contributed by atoms with Crippen LogP contribution in [0.15, 0.2) is 0 Å². The maximum atomic E-state index is 11.7. The number of hydrogen-bond acceptors (Lipinski definition) is 5. The fourth-order valence-electron chi connectivity index (χ4n) is 3.35. The molecule has 0 aromatic heterocycles. The molecule has 0 radical (unpaired) electrons. The monoisotopic (exact) mass is 450 g/mol. The summed E-state index contributed by atoms with van der Waals surface area (Å²) in [6.45, 7) is 4.14. The lowest BCUT2D eigenvalue weighted by Crippen LogP contribution is -2.26. The predicted octanol–water partition coefficient (Wildman–Crippen LogP) is 6.50. The molecule has 0 saturated heterocycles. The predicted molar refractivity (Wildman–Crippen MR) is 123 cm³/mol. The van der Waals surface area contributed by atoms with Crippen molar-refractivity contribution in [3.63, 3.8) is 0 Å². The van der Waals surface area contributed by atoms with Crippen LogP contribution in [0.25, 0.3) is 0 Å². The molecule has 4 N–H and O–H groups in total. The zero-order chi connectivity index (χ0) is 22.5. The van der Waals surface area contributed by atoms with Gasteiger partial charge in [-0.25, -0.2) is 10.0 Å². The van der Waals surface area contributed by atoms with Crippen LogP contribution in [0.3, 0.4) is 0 Å². The van der Waals surface area contributed by atoms with Crippen molar-refractivity contribution in [1.82, 2.24) is 5.48 Å². The van der Waals surface area contributed by atoms with E-state index in [1.807, 2.05) is 12.4 Å². The molecule has 0 rings (SSSR count). The third-order valence-electron chi connectivity index (χ3n) is 5.12. The molecule has 0 saturated carbocycles. The van der Waals surface area contributed by atoms with Crippen LogP contribution in [-0.2, 0) is 18.5 Å². The second kappa shape index (κ2) is 20.4. The number of amides is 1. The van der Waals surface area contributed by atoms with E-state index in [-0.39, 0.29) is 6.42 Å². The van der Waals surface area contributed by atoms with Crippen molar-refractivity contribution in [2.45, 2.75) is 136 Å². The topological polar surface area (TPSA) is 111 Å². The molecule has 0 aliphatic heterocycles. The highest BCUT2D eigenvalue weighted by atomic mass is 31.2. The number of carbonyl (C=O) groups is 1. The average Bonchev–Trinajstić information content (AvgIpc) is 2.69. The lowest BCUT2D eigenvalue weighted by molar-refractivity contribution is -0.129. The molecule has 180 valence electrons. The standard InChI is InChI=1S/C22H47N2O5P/c1-3-5-6-7-8-9-10-11-12-13-14-15-16-17-18-20-22(25)24-29-30(26,27)28-21(23)19-4-2/h21H,3-20,23H2,1-2H3,(H,24,25)(H,26,27). The molecule has 0 fully saturated rings. The number of hydroxylamine groups is 1. The fourth-order valence-corrected chi connectivity index (χ4v) is 4.05. The van der Waals surface area contributed by atoms with Gasteiger partial charge in [-0.15, -0.1) is 0 Å². The van der Waals surface area contributed by atoms with Gasteiger partial charge in [-0.2, -0.15) is 4.62 Å². The third kappa shape index (κ3) is 20.8. The normalized spacial score (nSPS) is 14.4. The summed E-state index contributed by atoms with van der Waals surface area (Å²) in [7, 11) is -4.36. The van der Waals surface area contributed by atoms with E-state index >= 15 is 0 Å². The molecule has 0 aliphatic carbocycles. The van der Waals surface area contributed by atoms with Gasteiger partial charge in [0.25, 0.3) is 0 Å². The van der Waals surface area contributed by atoms with E-state index in [0.717, 1.165) is 19.3 Å². The van der Waals surface area contributed by atoms with Crippen LogP contribution in [-0.4, -0.2) is 17.0 Å². The zero-order valence-corrected chi connectivity index (χ0v) is 20.3. The van der Waals surface area contributed by atoms with Crippen molar-refractivity contribution in [1.29, 1.82) is 0 Å². The average molecular weight is 451 g/mol. The summed E-state index contributed by atoms with van der Waals surface area (Å²) in [4.78, 5) is 21.2. The molecule has 0 aromatic rings. The van der Waals surface area contributed by atoms with E-state index in [2.05, 4.69) is 11.5 Å². The van der Waals surface area contributed by atoms with Crippen LogP contribution in [0.1, 0.15) is 129 Å². The van der Waals surface area contributed by atoms with Crippen molar-refractivity contribution in [2.75, 3.05) is 0 Å². The molecular formula is C22H47N2O5P. The van der Waals surface area contributed by atoms with Crippen molar-refractivity contribution in [3.8, 4) is 0 Å². The van der Waals surface area contributed by atoms with Gasteiger partial charge in [0.15, 0.2) is 0 Å². The Hall–Kier alpha value is -0.460. The van der Waals surface area contributed by atoms with E-state index in [1.54, 1.807) is 0 Å². The quantitative estimate of drug-likeness (QED) is 0.0751. The molecule has 7 nitrogen and oxygen atoms in total. The maximum Gasteiger partial charge on any atom is 0.495 e. The van der Waals surface area contributed by atoms with Crippen LogP contribution in [0.2, 0.25) is 0 Å². The first-order valence-corrected chi connectivity index (χ1v) is 13.6. The van der Waals surface area contributed by atoms with Gasteiger partial charge in [-0.05, 0) is 12.8 Å². The molecule has 0 aliphatic rings. The Balaban J connectivity index is 3.42. The first-order chi connectivity index (χ1) is 14.4. The van der Waals surface area contributed by atoms with E-state index in [0.29, 0.717) is 12.8 Å². The first kappa shape index (κ1) is 29.5. The lowest BCUT2D eigenvalue weighted by Gasteiger charge is -2.16. The Kier molecular flexibility index (Phi) is 20.1. The molecule has 0 bridgehead atoms. The van der Waals surface area contributed by atoms with Gasteiger partial charge in [0.1, 0.15) is 6.23 Å². The van der Waals surface area contributed by atoms with Gasteiger partial charge in [0.05, 0.1) is 0 Å². The zero-order valence-electron chi connectivity index (χ0n) is 19.4. The molecule has 2 unspecified atom stereocenters. The number of hydrogen-bond donors (Lipinski definition) is 3. The molecule has 0 spiro atoms. The summed E-state index contributed by atoms with van der Waals surface area (Å²) in [5, 5.41) is 0. The number of nitrogens with one attached hydrogen (secondary N) is 1. The van der Waals surface area contributed by atoms with Crippen LogP contribution in [0.4, 0.5) is 0 Å². The van der Waals surface area contributed by atoms with Gasteiger partial charge in [-0.3, -0.25) is 9.32 Å². The highest BCUT2D eigenvalue weighted by Gasteiger charge is 2.26. The number of carbonyl (C=O) groups excluding carboxylic acids is 1. The second-order valence-electron chi connectivity index (χ2n) is 8.22. The number of phosphoric acid groups is 1. The summed E-state index contributed by atoms with van der Waals surface area (Å²) < 4.78 is 20.8. The molecule has 30 heavy (non-hydrogen) atoms. The van der Waals surface area contributed by atoms with Crippen LogP contribution in [0, 0.1) is 0 Å². The summed E-state index contributed by atoms with van der Waals surface area (Å²) in [6.07, 6.45) is 19.4. The summed E-state index contributed by atoms with van der Waals surface area (Å²) in [5.74, 6) is -0.424. The third-order valence-corrected chi connectivity index (χ3v) is 5.98. The van der Waals surface area contributed by atoms with Crippen LogP contribution in [0.5, 0.6) is 0 Å². The molecular weight excluding hydrogens is 403 g/mol. The molecule has 8 heteroatoms. The number of nitrogens with two attached hydrogens (primary N) is 1. The van der Waals surface area contributed by atoms with Gasteiger partial charge < -0.3 is 10.6 Å². The van der Waals surface area contributed by atoms with Gasteiger partial charge in [0.2, 0.25) is 5.91 Å². The van der Waals surface area contributed by atoms with Crippen LogP contribution < -0.4 is 11.2 Å².